The summed E-state index contributed by atoms with van der Waals surface area (Å²) in [5.41, 5.74) is 4.25. The Morgan fingerprint density at radius 3 is 2.68 bits per heavy atom. The molecule has 1 atom stereocenters. The summed E-state index contributed by atoms with van der Waals surface area (Å²) in [6.45, 7) is 4.97. The van der Waals surface area contributed by atoms with Crippen molar-refractivity contribution < 1.29 is 9.59 Å². The fourth-order valence-electron chi connectivity index (χ4n) is 3.60. The number of benzene rings is 2. The van der Waals surface area contributed by atoms with Gasteiger partial charge in [-0.15, -0.1) is 0 Å². The molecule has 1 aromatic heterocycles. The summed E-state index contributed by atoms with van der Waals surface area (Å²) in [5, 5.41) is 3.67. The molecular weight excluding hydrogens is 350 g/mol. The van der Waals surface area contributed by atoms with E-state index in [4.69, 9.17) is 4.98 Å². The molecule has 2 aromatic carbocycles. The van der Waals surface area contributed by atoms with E-state index in [1.54, 1.807) is 11.8 Å². The van der Waals surface area contributed by atoms with Crippen molar-refractivity contribution in [1.29, 1.82) is 0 Å². The topological polar surface area (TPSA) is 62.3 Å². The third kappa shape index (κ3) is 3.36. The molecule has 1 saturated heterocycles. The largest absolute Gasteiger partial charge is 0.354 e. The average Bonchev–Trinajstić information content (AvgIpc) is 2.88. The quantitative estimate of drug-likeness (QED) is 0.747. The molecule has 0 aliphatic carbocycles. The first kappa shape index (κ1) is 18.2. The van der Waals surface area contributed by atoms with E-state index in [0.717, 1.165) is 28.6 Å². The van der Waals surface area contributed by atoms with Gasteiger partial charge in [0, 0.05) is 24.0 Å². The van der Waals surface area contributed by atoms with Gasteiger partial charge in [-0.3, -0.25) is 9.59 Å². The lowest BCUT2D eigenvalue weighted by molar-refractivity contribution is -0.124. The molecular formula is C23H23N3O2. The Bertz CT molecular complexity index is 1040. The zero-order valence-electron chi connectivity index (χ0n) is 16.1. The summed E-state index contributed by atoms with van der Waals surface area (Å²) < 4.78 is 0. The minimum Gasteiger partial charge on any atom is -0.354 e. The molecule has 5 heteroatoms. The zero-order chi connectivity index (χ0) is 19.7. The van der Waals surface area contributed by atoms with Gasteiger partial charge in [0.25, 0.3) is 5.91 Å². The first-order valence-electron chi connectivity index (χ1n) is 9.60. The molecule has 0 saturated carbocycles. The van der Waals surface area contributed by atoms with E-state index in [1.807, 2.05) is 61.5 Å². The molecule has 28 heavy (non-hydrogen) atoms. The summed E-state index contributed by atoms with van der Waals surface area (Å²) >= 11 is 0. The van der Waals surface area contributed by atoms with Crippen LogP contribution in [-0.2, 0) is 4.79 Å². The first-order valence-corrected chi connectivity index (χ1v) is 9.60. The summed E-state index contributed by atoms with van der Waals surface area (Å²) in [6.07, 6.45) is 0.746. The van der Waals surface area contributed by atoms with Crippen LogP contribution in [0.25, 0.3) is 22.2 Å². The van der Waals surface area contributed by atoms with Gasteiger partial charge in [-0.1, -0.05) is 48.0 Å². The molecule has 142 valence electrons. The summed E-state index contributed by atoms with van der Waals surface area (Å²) in [6, 6.07) is 17.1. The van der Waals surface area contributed by atoms with Gasteiger partial charge < -0.3 is 10.2 Å². The SMILES string of the molecule is Cc1ccc(-c2cc(C(=O)N3CCCNC(=O)C3C)c3ccccc3n2)cc1. The van der Waals surface area contributed by atoms with E-state index in [-0.39, 0.29) is 11.8 Å². The maximum absolute atomic E-state index is 13.5. The Kier molecular flexibility index (Phi) is 4.82. The Hall–Kier alpha value is -3.21. The molecule has 1 aliphatic rings. The Labute approximate surface area is 164 Å². The van der Waals surface area contributed by atoms with Crippen molar-refractivity contribution in [3.63, 3.8) is 0 Å². The molecule has 2 amide bonds. The van der Waals surface area contributed by atoms with Gasteiger partial charge in [0.2, 0.25) is 5.91 Å². The first-order chi connectivity index (χ1) is 13.5. The predicted octanol–water partition coefficient (Wildman–Crippen LogP) is 3.56. The lowest BCUT2D eigenvalue weighted by Gasteiger charge is -2.26. The third-order valence-corrected chi connectivity index (χ3v) is 5.28. The van der Waals surface area contributed by atoms with Gasteiger partial charge in [-0.2, -0.15) is 0 Å². The summed E-state index contributed by atoms with van der Waals surface area (Å²) in [4.78, 5) is 32.1. The molecule has 5 nitrogen and oxygen atoms in total. The van der Waals surface area contributed by atoms with Crippen LogP contribution in [0.5, 0.6) is 0 Å². The Morgan fingerprint density at radius 2 is 1.89 bits per heavy atom. The number of hydrogen-bond donors (Lipinski definition) is 1. The second-order valence-electron chi connectivity index (χ2n) is 7.26. The van der Waals surface area contributed by atoms with Gasteiger partial charge in [0.1, 0.15) is 6.04 Å². The molecule has 1 N–H and O–H groups in total. The number of para-hydroxylation sites is 1. The lowest BCUT2D eigenvalue weighted by Crippen LogP contribution is -2.45. The highest BCUT2D eigenvalue weighted by Gasteiger charge is 2.29. The minimum absolute atomic E-state index is 0.108. The van der Waals surface area contributed by atoms with Gasteiger partial charge in [0.15, 0.2) is 0 Å². The van der Waals surface area contributed by atoms with Crippen LogP contribution in [0.15, 0.2) is 54.6 Å². The molecule has 1 aliphatic heterocycles. The number of aryl methyl sites for hydroxylation is 1. The maximum atomic E-state index is 13.5. The normalized spacial score (nSPS) is 17.3. The van der Waals surface area contributed by atoms with Crippen LogP contribution in [0.1, 0.15) is 29.3 Å². The molecule has 0 spiro atoms. The number of carbonyl (C=O) groups excluding carboxylic acids is 2. The van der Waals surface area contributed by atoms with Crippen LogP contribution in [0.2, 0.25) is 0 Å². The second-order valence-corrected chi connectivity index (χ2v) is 7.26. The number of fused-ring (bicyclic) bond motifs is 1. The van der Waals surface area contributed by atoms with Crippen molar-refractivity contribution in [3.05, 3.63) is 65.7 Å². The monoisotopic (exact) mass is 373 g/mol. The smallest absolute Gasteiger partial charge is 0.255 e. The number of aromatic nitrogens is 1. The molecule has 1 fully saturated rings. The molecule has 0 bridgehead atoms. The molecule has 2 heterocycles. The number of carbonyl (C=O) groups is 2. The summed E-state index contributed by atoms with van der Waals surface area (Å²) in [5.74, 6) is -0.237. The van der Waals surface area contributed by atoms with Crippen molar-refractivity contribution in [3.8, 4) is 11.3 Å². The maximum Gasteiger partial charge on any atom is 0.255 e. The number of nitrogens with zero attached hydrogens (tertiary/aromatic N) is 2. The number of hydrogen-bond acceptors (Lipinski definition) is 3. The number of rotatable bonds is 2. The van der Waals surface area contributed by atoms with Crippen molar-refractivity contribution in [2.75, 3.05) is 13.1 Å². The molecule has 4 rings (SSSR count). The minimum atomic E-state index is -0.496. The lowest BCUT2D eigenvalue weighted by atomic mass is 10.0. The van der Waals surface area contributed by atoms with E-state index in [1.165, 1.54) is 5.56 Å². The van der Waals surface area contributed by atoms with Crippen molar-refractivity contribution in [1.82, 2.24) is 15.2 Å². The number of nitrogens with one attached hydrogen (secondary N) is 1. The van der Waals surface area contributed by atoms with Gasteiger partial charge in [-0.05, 0) is 32.4 Å². The molecule has 3 aromatic rings. The zero-order valence-corrected chi connectivity index (χ0v) is 16.1. The van der Waals surface area contributed by atoms with Gasteiger partial charge in [0.05, 0.1) is 16.8 Å². The number of pyridine rings is 1. The molecule has 1 unspecified atom stereocenters. The fraction of sp³-hybridized carbons (Fsp3) is 0.261. The standard InChI is InChI=1S/C23H23N3O2/c1-15-8-10-17(11-9-15)21-14-19(18-6-3-4-7-20(18)25-21)23(28)26-13-5-12-24-22(27)16(26)2/h3-4,6-11,14,16H,5,12-13H2,1-2H3,(H,24,27). The predicted molar refractivity (Wildman–Crippen MR) is 110 cm³/mol. The highest BCUT2D eigenvalue weighted by atomic mass is 16.2. The van der Waals surface area contributed by atoms with Crippen LogP contribution in [0.4, 0.5) is 0 Å². The van der Waals surface area contributed by atoms with Crippen LogP contribution < -0.4 is 5.32 Å². The molecule has 0 radical (unpaired) electrons. The average molecular weight is 373 g/mol. The van der Waals surface area contributed by atoms with E-state index in [9.17, 15) is 9.59 Å². The van der Waals surface area contributed by atoms with Crippen LogP contribution >= 0.6 is 0 Å². The van der Waals surface area contributed by atoms with Crippen LogP contribution in [0, 0.1) is 6.92 Å². The van der Waals surface area contributed by atoms with E-state index < -0.39 is 6.04 Å². The van der Waals surface area contributed by atoms with E-state index in [0.29, 0.717) is 18.7 Å². The number of amides is 2. The Morgan fingerprint density at radius 1 is 1.14 bits per heavy atom. The van der Waals surface area contributed by atoms with Crippen LogP contribution in [0.3, 0.4) is 0 Å². The second kappa shape index (κ2) is 7.43. The van der Waals surface area contributed by atoms with Crippen molar-refractivity contribution in [2.45, 2.75) is 26.3 Å². The van der Waals surface area contributed by atoms with E-state index in [2.05, 4.69) is 5.32 Å². The Balaban J connectivity index is 1.84. The van der Waals surface area contributed by atoms with Crippen molar-refractivity contribution >= 4 is 22.7 Å². The summed E-state index contributed by atoms with van der Waals surface area (Å²) in [7, 11) is 0. The highest BCUT2D eigenvalue weighted by Crippen LogP contribution is 2.27. The third-order valence-electron chi connectivity index (χ3n) is 5.28. The fourth-order valence-corrected chi connectivity index (χ4v) is 3.60. The van der Waals surface area contributed by atoms with Gasteiger partial charge in [-0.25, -0.2) is 4.98 Å². The van der Waals surface area contributed by atoms with Gasteiger partial charge >= 0.3 is 0 Å². The van der Waals surface area contributed by atoms with Crippen LogP contribution in [-0.4, -0.2) is 40.8 Å². The van der Waals surface area contributed by atoms with Crippen molar-refractivity contribution in [2.24, 2.45) is 0 Å². The van der Waals surface area contributed by atoms with E-state index >= 15 is 0 Å². The highest BCUT2D eigenvalue weighted by molar-refractivity contribution is 6.08.